The largest absolute Gasteiger partial charge is 0.379 e. The predicted octanol–water partition coefficient (Wildman–Crippen LogP) is 0.414. The van der Waals surface area contributed by atoms with Crippen LogP contribution in [0, 0.1) is 0 Å². The predicted molar refractivity (Wildman–Crippen MR) is 52.9 cm³/mol. The van der Waals surface area contributed by atoms with Crippen LogP contribution in [-0.4, -0.2) is 62.3 Å². The third-order valence-electron chi connectivity index (χ3n) is 3.00. The summed E-state index contributed by atoms with van der Waals surface area (Å²) >= 11 is 0. The molecule has 3 heteroatoms. The maximum atomic E-state index is 5.56. The van der Waals surface area contributed by atoms with Gasteiger partial charge in [-0.25, -0.2) is 0 Å². The van der Waals surface area contributed by atoms with Gasteiger partial charge in [-0.15, -0.1) is 0 Å². The van der Waals surface area contributed by atoms with Crippen molar-refractivity contribution in [1.29, 1.82) is 0 Å². The SMILES string of the molecule is C1CN(CCOCCN2CCC2)C1. The third kappa shape index (κ3) is 2.93. The molecule has 2 heterocycles. The van der Waals surface area contributed by atoms with Gasteiger partial charge < -0.3 is 14.5 Å². The molecule has 0 atom stereocenters. The molecule has 0 amide bonds. The van der Waals surface area contributed by atoms with Crippen LogP contribution in [0.25, 0.3) is 0 Å². The molecule has 2 aliphatic rings. The highest BCUT2D eigenvalue weighted by Crippen LogP contribution is 2.05. The van der Waals surface area contributed by atoms with E-state index in [-0.39, 0.29) is 0 Å². The Kier molecular flexibility index (Phi) is 3.58. The number of rotatable bonds is 6. The highest BCUT2D eigenvalue weighted by atomic mass is 16.5. The smallest absolute Gasteiger partial charge is 0.0594 e. The molecule has 13 heavy (non-hydrogen) atoms. The van der Waals surface area contributed by atoms with Crippen LogP contribution in [0.3, 0.4) is 0 Å². The lowest BCUT2D eigenvalue weighted by molar-refractivity contribution is 0.0547. The summed E-state index contributed by atoms with van der Waals surface area (Å²) in [5.41, 5.74) is 0. The summed E-state index contributed by atoms with van der Waals surface area (Å²) < 4.78 is 5.56. The van der Waals surface area contributed by atoms with E-state index in [1.165, 1.54) is 39.0 Å². The average molecular weight is 184 g/mol. The Morgan fingerprint density at radius 2 is 1.23 bits per heavy atom. The number of likely N-dealkylation sites (tertiary alicyclic amines) is 2. The molecule has 0 bridgehead atoms. The van der Waals surface area contributed by atoms with Crippen molar-refractivity contribution in [3.8, 4) is 0 Å². The standard InChI is InChI=1S/C10H20N2O/c1-3-11(4-1)7-9-13-10-8-12-5-2-6-12/h1-10H2. The Labute approximate surface area is 80.6 Å². The molecule has 0 aromatic heterocycles. The van der Waals surface area contributed by atoms with Gasteiger partial charge in [-0.05, 0) is 39.0 Å². The molecule has 2 saturated heterocycles. The molecule has 0 unspecified atom stereocenters. The Bertz CT molecular complexity index is 128. The molecule has 0 saturated carbocycles. The minimum absolute atomic E-state index is 0.924. The summed E-state index contributed by atoms with van der Waals surface area (Å²) in [5.74, 6) is 0. The van der Waals surface area contributed by atoms with Crippen molar-refractivity contribution in [2.24, 2.45) is 0 Å². The van der Waals surface area contributed by atoms with E-state index < -0.39 is 0 Å². The van der Waals surface area contributed by atoms with Gasteiger partial charge in [0.15, 0.2) is 0 Å². The summed E-state index contributed by atoms with van der Waals surface area (Å²) in [6.07, 6.45) is 2.77. The van der Waals surface area contributed by atoms with Crippen LogP contribution in [0.1, 0.15) is 12.8 Å². The van der Waals surface area contributed by atoms with E-state index in [1.807, 2.05) is 0 Å². The Morgan fingerprint density at radius 3 is 1.54 bits per heavy atom. The topological polar surface area (TPSA) is 15.7 Å². The van der Waals surface area contributed by atoms with Crippen molar-refractivity contribution in [3.63, 3.8) is 0 Å². The second kappa shape index (κ2) is 4.94. The van der Waals surface area contributed by atoms with Crippen LogP contribution in [0.5, 0.6) is 0 Å². The molecule has 2 rings (SSSR count). The molecule has 76 valence electrons. The molecular weight excluding hydrogens is 164 g/mol. The first-order valence-corrected chi connectivity index (χ1v) is 5.47. The van der Waals surface area contributed by atoms with Gasteiger partial charge in [-0.2, -0.15) is 0 Å². The number of hydrogen-bond acceptors (Lipinski definition) is 3. The molecule has 2 aliphatic heterocycles. The molecule has 0 aromatic rings. The van der Waals surface area contributed by atoms with Crippen LogP contribution >= 0.6 is 0 Å². The quantitative estimate of drug-likeness (QED) is 0.556. The number of ether oxygens (including phenoxy) is 1. The zero-order chi connectivity index (χ0) is 8.93. The maximum Gasteiger partial charge on any atom is 0.0594 e. The number of hydrogen-bond donors (Lipinski definition) is 0. The van der Waals surface area contributed by atoms with Crippen molar-refractivity contribution in [1.82, 2.24) is 9.80 Å². The van der Waals surface area contributed by atoms with Crippen molar-refractivity contribution in [2.75, 3.05) is 52.5 Å². The lowest BCUT2D eigenvalue weighted by atomic mass is 10.2. The fourth-order valence-corrected chi connectivity index (χ4v) is 1.70. The monoisotopic (exact) mass is 184 g/mol. The molecule has 3 nitrogen and oxygen atoms in total. The Hall–Kier alpha value is -0.120. The van der Waals surface area contributed by atoms with Crippen molar-refractivity contribution in [2.45, 2.75) is 12.8 Å². The minimum Gasteiger partial charge on any atom is -0.379 e. The lowest BCUT2D eigenvalue weighted by Gasteiger charge is -2.31. The molecule has 0 aromatic carbocycles. The van der Waals surface area contributed by atoms with E-state index in [1.54, 1.807) is 0 Å². The summed E-state index contributed by atoms with van der Waals surface area (Å²) in [4.78, 5) is 4.90. The highest BCUT2D eigenvalue weighted by Gasteiger charge is 2.14. The van der Waals surface area contributed by atoms with Crippen LogP contribution in [0.2, 0.25) is 0 Å². The summed E-state index contributed by atoms with van der Waals surface area (Å²) in [6.45, 7) is 9.28. The first-order chi connectivity index (χ1) is 6.45. The van der Waals surface area contributed by atoms with Crippen LogP contribution < -0.4 is 0 Å². The number of nitrogens with zero attached hydrogens (tertiary/aromatic N) is 2. The van der Waals surface area contributed by atoms with Crippen LogP contribution in [-0.2, 0) is 4.74 Å². The van der Waals surface area contributed by atoms with Gasteiger partial charge in [0.25, 0.3) is 0 Å². The molecular formula is C10H20N2O. The van der Waals surface area contributed by atoms with Gasteiger partial charge in [0.1, 0.15) is 0 Å². The van der Waals surface area contributed by atoms with Gasteiger partial charge in [0, 0.05) is 13.1 Å². The van der Waals surface area contributed by atoms with E-state index in [2.05, 4.69) is 9.80 Å². The second-order valence-corrected chi connectivity index (χ2v) is 4.00. The fraction of sp³-hybridized carbons (Fsp3) is 1.00. The van der Waals surface area contributed by atoms with Gasteiger partial charge >= 0.3 is 0 Å². The van der Waals surface area contributed by atoms with E-state index >= 15 is 0 Å². The van der Waals surface area contributed by atoms with Crippen molar-refractivity contribution < 1.29 is 4.74 Å². The first kappa shape index (κ1) is 9.44. The fourth-order valence-electron chi connectivity index (χ4n) is 1.70. The first-order valence-electron chi connectivity index (χ1n) is 5.47. The molecule has 2 fully saturated rings. The van der Waals surface area contributed by atoms with Gasteiger partial charge in [-0.1, -0.05) is 0 Å². The summed E-state index contributed by atoms with van der Waals surface area (Å²) in [7, 11) is 0. The molecule has 0 aliphatic carbocycles. The zero-order valence-corrected chi connectivity index (χ0v) is 8.37. The maximum absolute atomic E-state index is 5.56. The van der Waals surface area contributed by atoms with Gasteiger partial charge in [-0.3, -0.25) is 0 Å². The van der Waals surface area contributed by atoms with Crippen molar-refractivity contribution in [3.05, 3.63) is 0 Å². The second-order valence-electron chi connectivity index (χ2n) is 4.00. The van der Waals surface area contributed by atoms with E-state index in [4.69, 9.17) is 4.74 Å². The molecule has 0 spiro atoms. The van der Waals surface area contributed by atoms with E-state index in [0.29, 0.717) is 0 Å². The average Bonchev–Trinajstić information content (AvgIpc) is 1.96. The van der Waals surface area contributed by atoms with Crippen LogP contribution in [0.4, 0.5) is 0 Å². The highest BCUT2D eigenvalue weighted by molar-refractivity contribution is 4.68. The van der Waals surface area contributed by atoms with E-state index in [0.717, 1.165) is 26.3 Å². The molecule has 0 radical (unpaired) electrons. The Balaban J connectivity index is 1.36. The summed E-state index contributed by atoms with van der Waals surface area (Å²) in [5, 5.41) is 0. The van der Waals surface area contributed by atoms with Gasteiger partial charge in [0.2, 0.25) is 0 Å². The normalized spacial score (nSPS) is 24.0. The lowest BCUT2D eigenvalue weighted by Crippen LogP contribution is -2.41. The van der Waals surface area contributed by atoms with Crippen molar-refractivity contribution >= 4 is 0 Å². The third-order valence-corrected chi connectivity index (χ3v) is 3.00. The molecule has 0 N–H and O–H groups in total. The van der Waals surface area contributed by atoms with Crippen LogP contribution in [0.15, 0.2) is 0 Å². The van der Waals surface area contributed by atoms with E-state index in [9.17, 15) is 0 Å². The Morgan fingerprint density at radius 1 is 0.769 bits per heavy atom. The van der Waals surface area contributed by atoms with Gasteiger partial charge in [0.05, 0.1) is 13.2 Å². The summed E-state index contributed by atoms with van der Waals surface area (Å²) in [6, 6.07) is 0. The zero-order valence-electron chi connectivity index (χ0n) is 8.37. The minimum atomic E-state index is 0.924.